The molecule has 126 valence electrons. The molecule has 1 N–H and O–H groups in total. The van der Waals surface area contributed by atoms with E-state index in [9.17, 15) is 4.79 Å². The van der Waals surface area contributed by atoms with Gasteiger partial charge in [0.2, 0.25) is 5.91 Å². The fraction of sp³-hybridized carbons (Fsp3) is 0.158. The van der Waals surface area contributed by atoms with E-state index in [1.165, 1.54) is 0 Å². The predicted octanol–water partition coefficient (Wildman–Crippen LogP) is 4.61. The average Bonchev–Trinajstić information content (AvgIpc) is 2.83. The van der Waals surface area contributed by atoms with Crippen molar-refractivity contribution in [2.24, 2.45) is 0 Å². The third-order valence-corrected chi connectivity index (χ3v) is 5.70. The van der Waals surface area contributed by atoms with Crippen molar-refractivity contribution in [2.75, 3.05) is 11.1 Å². The Hall–Kier alpha value is -2.24. The normalized spacial score (nSPS) is 16.9. The highest BCUT2D eigenvalue weighted by atomic mass is 35.5. The number of hydrogen-bond acceptors (Lipinski definition) is 3. The number of rotatable bonds is 2. The summed E-state index contributed by atoms with van der Waals surface area (Å²) in [6, 6.07) is 17.6. The second-order valence-corrected chi connectivity index (χ2v) is 7.42. The van der Waals surface area contributed by atoms with E-state index in [-0.39, 0.29) is 11.2 Å². The summed E-state index contributed by atoms with van der Waals surface area (Å²) in [5, 5.41) is 8.46. The largest absolute Gasteiger partial charge is 0.310 e. The highest BCUT2D eigenvalue weighted by molar-refractivity contribution is 8.00. The number of carbonyl (C=O) groups excluding carboxylic acids is 1. The van der Waals surface area contributed by atoms with Crippen LogP contribution in [0.25, 0.3) is 5.69 Å². The van der Waals surface area contributed by atoms with Gasteiger partial charge in [-0.25, -0.2) is 4.68 Å². The molecular formula is C19H16ClN3OS. The summed E-state index contributed by atoms with van der Waals surface area (Å²) in [6.45, 7) is 1.99. The minimum absolute atomic E-state index is 0.0141. The monoisotopic (exact) mass is 369 g/mol. The Kier molecular flexibility index (Phi) is 4.27. The van der Waals surface area contributed by atoms with Gasteiger partial charge in [-0.3, -0.25) is 4.79 Å². The molecule has 0 saturated heterocycles. The van der Waals surface area contributed by atoms with Crippen LogP contribution >= 0.6 is 23.4 Å². The molecule has 0 fully saturated rings. The van der Waals surface area contributed by atoms with Gasteiger partial charge in [0, 0.05) is 10.6 Å². The van der Waals surface area contributed by atoms with Crippen molar-refractivity contribution in [2.45, 2.75) is 12.2 Å². The maximum Gasteiger partial charge on any atom is 0.235 e. The van der Waals surface area contributed by atoms with Crippen molar-refractivity contribution in [1.29, 1.82) is 0 Å². The van der Waals surface area contributed by atoms with Gasteiger partial charge in [-0.15, -0.1) is 11.8 Å². The summed E-state index contributed by atoms with van der Waals surface area (Å²) in [5.74, 6) is 1.13. The molecule has 4 nitrogen and oxygen atoms in total. The van der Waals surface area contributed by atoms with Crippen molar-refractivity contribution < 1.29 is 4.79 Å². The first-order valence-electron chi connectivity index (χ1n) is 7.95. The Balaban J connectivity index is 1.88. The predicted molar refractivity (Wildman–Crippen MR) is 103 cm³/mol. The first-order valence-corrected chi connectivity index (χ1v) is 9.38. The van der Waals surface area contributed by atoms with Gasteiger partial charge in [0.05, 0.1) is 22.4 Å². The lowest BCUT2D eigenvalue weighted by atomic mass is 10.0. The van der Waals surface area contributed by atoms with Gasteiger partial charge in [-0.1, -0.05) is 41.9 Å². The van der Waals surface area contributed by atoms with Gasteiger partial charge in [0.15, 0.2) is 0 Å². The van der Waals surface area contributed by atoms with Gasteiger partial charge in [0.25, 0.3) is 0 Å². The Bertz CT molecular complexity index is 922. The second kappa shape index (κ2) is 6.58. The topological polar surface area (TPSA) is 46.9 Å². The number of anilines is 1. The maximum atomic E-state index is 12.3. The Morgan fingerprint density at radius 2 is 1.88 bits per heavy atom. The molecule has 1 amide bonds. The van der Waals surface area contributed by atoms with Gasteiger partial charge in [-0.05, 0) is 36.8 Å². The van der Waals surface area contributed by atoms with Crippen LogP contribution in [0.1, 0.15) is 22.1 Å². The quantitative estimate of drug-likeness (QED) is 0.717. The summed E-state index contributed by atoms with van der Waals surface area (Å²) in [4.78, 5) is 12.3. The van der Waals surface area contributed by atoms with Gasteiger partial charge in [0.1, 0.15) is 5.82 Å². The number of benzene rings is 2. The maximum absolute atomic E-state index is 12.3. The number of hydrogen-bond donors (Lipinski definition) is 1. The molecule has 0 aliphatic carbocycles. The fourth-order valence-corrected chi connectivity index (χ4v) is 4.36. The van der Waals surface area contributed by atoms with Crippen molar-refractivity contribution in [1.82, 2.24) is 9.78 Å². The number of aromatic nitrogens is 2. The van der Waals surface area contributed by atoms with Crippen molar-refractivity contribution in [3.8, 4) is 5.69 Å². The molecule has 2 heterocycles. The molecule has 0 spiro atoms. The van der Waals surface area contributed by atoms with Crippen LogP contribution in [-0.2, 0) is 4.79 Å². The number of fused-ring (bicyclic) bond motifs is 1. The van der Waals surface area contributed by atoms with Crippen LogP contribution in [-0.4, -0.2) is 21.4 Å². The molecule has 25 heavy (non-hydrogen) atoms. The molecule has 1 atom stereocenters. The number of thioether (sulfide) groups is 1. The van der Waals surface area contributed by atoms with Crippen molar-refractivity contribution in [3.63, 3.8) is 0 Å². The smallest absolute Gasteiger partial charge is 0.235 e. The number of carbonyl (C=O) groups is 1. The molecule has 3 aromatic rings. The minimum Gasteiger partial charge on any atom is -0.310 e. The molecule has 1 aromatic heterocycles. The van der Waals surface area contributed by atoms with Crippen LogP contribution in [0, 0.1) is 6.92 Å². The molecule has 0 bridgehead atoms. The molecule has 2 aromatic carbocycles. The molecule has 4 rings (SSSR count). The van der Waals surface area contributed by atoms with Crippen LogP contribution in [0.15, 0.2) is 54.6 Å². The Labute approximate surface area is 155 Å². The first kappa shape index (κ1) is 16.2. The number of aryl methyl sites for hydroxylation is 1. The standard InChI is InChI=1S/C19H16ClN3OS/c1-12-17-18(13-7-9-14(20)10-8-13)25-11-16(24)21-19(17)23(22-12)15-5-3-2-4-6-15/h2-10,18H,11H2,1H3,(H,21,24)/t18-/m0/s1. The molecule has 1 aliphatic heterocycles. The first-order chi connectivity index (χ1) is 12.1. The summed E-state index contributed by atoms with van der Waals surface area (Å²) in [6.07, 6.45) is 0. The van der Waals surface area contributed by atoms with Crippen molar-refractivity contribution in [3.05, 3.63) is 76.4 Å². The minimum atomic E-state index is -0.0141. The molecular weight excluding hydrogens is 354 g/mol. The third-order valence-electron chi connectivity index (χ3n) is 4.18. The van der Waals surface area contributed by atoms with Crippen LogP contribution in [0.5, 0.6) is 0 Å². The Morgan fingerprint density at radius 3 is 2.60 bits per heavy atom. The van der Waals surface area contributed by atoms with E-state index in [1.54, 1.807) is 11.8 Å². The van der Waals surface area contributed by atoms with Crippen LogP contribution in [0.4, 0.5) is 5.82 Å². The number of nitrogens with zero attached hydrogens (tertiary/aromatic N) is 2. The lowest BCUT2D eigenvalue weighted by molar-refractivity contribution is -0.113. The zero-order valence-electron chi connectivity index (χ0n) is 13.6. The van der Waals surface area contributed by atoms with Gasteiger partial charge in [-0.2, -0.15) is 5.10 Å². The van der Waals surface area contributed by atoms with E-state index in [0.29, 0.717) is 10.8 Å². The molecule has 0 radical (unpaired) electrons. The number of nitrogens with one attached hydrogen (secondary N) is 1. The van der Waals surface area contributed by atoms with E-state index >= 15 is 0 Å². The van der Waals surface area contributed by atoms with E-state index in [2.05, 4.69) is 5.32 Å². The average molecular weight is 370 g/mol. The van der Waals surface area contributed by atoms with Crippen molar-refractivity contribution >= 4 is 35.1 Å². The summed E-state index contributed by atoms with van der Waals surface area (Å²) in [5.41, 5.74) is 3.99. The summed E-state index contributed by atoms with van der Waals surface area (Å²) < 4.78 is 1.82. The number of halogens is 1. The lowest BCUT2D eigenvalue weighted by Gasteiger charge is -2.15. The molecule has 0 saturated carbocycles. The van der Waals surface area contributed by atoms with Gasteiger partial charge < -0.3 is 5.32 Å². The molecule has 1 aliphatic rings. The van der Waals surface area contributed by atoms with E-state index in [1.807, 2.05) is 66.2 Å². The zero-order chi connectivity index (χ0) is 17.4. The third kappa shape index (κ3) is 3.05. The fourth-order valence-electron chi connectivity index (χ4n) is 3.04. The van der Waals surface area contributed by atoms with Crippen LogP contribution < -0.4 is 5.32 Å². The summed E-state index contributed by atoms with van der Waals surface area (Å²) >= 11 is 7.64. The Morgan fingerprint density at radius 1 is 1.16 bits per heavy atom. The van der Waals surface area contributed by atoms with E-state index in [4.69, 9.17) is 16.7 Å². The highest BCUT2D eigenvalue weighted by Gasteiger charge is 2.30. The number of para-hydroxylation sites is 1. The van der Waals surface area contributed by atoms with E-state index in [0.717, 1.165) is 28.3 Å². The highest BCUT2D eigenvalue weighted by Crippen LogP contribution is 2.43. The SMILES string of the molecule is Cc1nn(-c2ccccc2)c2c1[C@H](c1ccc(Cl)cc1)SCC(=O)N2. The van der Waals surface area contributed by atoms with E-state index < -0.39 is 0 Å². The molecule has 0 unspecified atom stereocenters. The zero-order valence-corrected chi connectivity index (χ0v) is 15.1. The van der Waals surface area contributed by atoms with Crippen LogP contribution in [0.2, 0.25) is 5.02 Å². The van der Waals surface area contributed by atoms with Crippen LogP contribution in [0.3, 0.4) is 0 Å². The molecule has 6 heteroatoms. The lowest BCUT2D eigenvalue weighted by Crippen LogP contribution is -2.15. The second-order valence-electron chi connectivity index (χ2n) is 5.89. The summed E-state index contributed by atoms with van der Waals surface area (Å²) in [7, 11) is 0. The van der Waals surface area contributed by atoms with Gasteiger partial charge >= 0.3 is 0 Å². The number of amides is 1.